The second kappa shape index (κ2) is 6.97. The summed E-state index contributed by atoms with van der Waals surface area (Å²) in [6.45, 7) is 6.67. The third kappa shape index (κ3) is 3.84. The zero-order chi connectivity index (χ0) is 12.0. The van der Waals surface area contributed by atoms with E-state index < -0.39 is 0 Å². The van der Waals surface area contributed by atoms with Gasteiger partial charge in [-0.05, 0) is 29.8 Å². The quantitative estimate of drug-likeness (QED) is 0.807. The maximum absolute atomic E-state index is 3.38. The van der Waals surface area contributed by atoms with Gasteiger partial charge in [0.1, 0.15) is 0 Å². The topological polar surface area (TPSA) is 12.0 Å². The summed E-state index contributed by atoms with van der Waals surface area (Å²) in [4.78, 5) is 0. The predicted molar refractivity (Wildman–Crippen MR) is 75.3 cm³/mol. The lowest BCUT2D eigenvalue weighted by Crippen LogP contribution is -2.18. The Morgan fingerprint density at radius 1 is 1.12 bits per heavy atom. The van der Waals surface area contributed by atoms with Crippen molar-refractivity contribution in [2.24, 2.45) is 0 Å². The van der Waals surface area contributed by atoms with Crippen LogP contribution in [0.4, 0.5) is 0 Å². The van der Waals surface area contributed by atoms with Crippen LogP contribution >= 0.6 is 11.8 Å². The van der Waals surface area contributed by atoms with E-state index in [2.05, 4.69) is 50.4 Å². The van der Waals surface area contributed by atoms with Crippen molar-refractivity contribution in [2.45, 2.75) is 32.7 Å². The van der Waals surface area contributed by atoms with Gasteiger partial charge in [-0.1, -0.05) is 45.0 Å². The van der Waals surface area contributed by atoms with Gasteiger partial charge in [-0.25, -0.2) is 0 Å². The highest BCUT2D eigenvalue weighted by molar-refractivity contribution is 7.99. The van der Waals surface area contributed by atoms with E-state index in [-0.39, 0.29) is 0 Å². The molecule has 0 saturated heterocycles. The Labute approximate surface area is 104 Å². The molecule has 1 unspecified atom stereocenters. The fraction of sp³-hybridized carbons (Fsp3) is 0.571. The lowest BCUT2D eigenvalue weighted by molar-refractivity contribution is 0.661. The molecule has 0 fully saturated rings. The third-order valence-corrected chi connectivity index (χ3v) is 3.82. The Morgan fingerprint density at radius 3 is 2.12 bits per heavy atom. The monoisotopic (exact) mass is 237 g/mol. The lowest BCUT2D eigenvalue weighted by atomic mass is 10.00. The van der Waals surface area contributed by atoms with Crippen LogP contribution < -0.4 is 5.32 Å². The summed E-state index contributed by atoms with van der Waals surface area (Å²) < 4.78 is 0. The standard InChI is InChI=1S/C14H23NS/c1-5-16-10-14(15-4)13-8-6-12(7-9-13)11(2)3/h6-9,11,14-15H,5,10H2,1-4H3. The van der Waals surface area contributed by atoms with Gasteiger partial charge in [0.05, 0.1) is 0 Å². The van der Waals surface area contributed by atoms with E-state index in [9.17, 15) is 0 Å². The first kappa shape index (κ1) is 13.6. The van der Waals surface area contributed by atoms with Crippen LogP contribution in [0.15, 0.2) is 24.3 Å². The van der Waals surface area contributed by atoms with E-state index in [1.165, 1.54) is 16.9 Å². The van der Waals surface area contributed by atoms with Gasteiger partial charge < -0.3 is 5.32 Å². The van der Waals surface area contributed by atoms with Crippen molar-refractivity contribution in [2.75, 3.05) is 18.6 Å². The summed E-state index contributed by atoms with van der Waals surface area (Å²) in [5.41, 5.74) is 2.81. The van der Waals surface area contributed by atoms with Gasteiger partial charge in [0.15, 0.2) is 0 Å². The molecule has 0 radical (unpaired) electrons. The minimum absolute atomic E-state index is 0.478. The average Bonchev–Trinajstić information content (AvgIpc) is 2.30. The van der Waals surface area contributed by atoms with Crippen molar-refractivity contribution >= 4 is 11.8 Å². The molecular weight excluding hydrogens is 214 g/mol. The van der Waals surface area contributed by atoms with Crippen LogP contribution in [0.3, 0.4) is 0 Å². The van der Waals surface area contributed by atoms with E-state index in [1.54, 1.807) is 0 Å². The molecule has 1 aromatic rings. The minimum atomic E-state index is 0.478. The molecule has 0 aliphatic rings. The van der Waals surface area contributed by atoms with Crippen LogP contribution in [0, 0.1) is 0 Å². The molecule has 1 aromatic carbocycles. The zero-order valence-corrected chi connectivity index (χ0v) is 11.6. The molecule has 90 valence electrons. The van der Waals surface area contributed by atoms with Crippen molar-refractivity contribution in [1.29, 1.82) is 0 Å². The van der Waals surface area contributed by atoms with Crippen molar-refractivity contribution in [1.82, 2.24) is 5.32 Å². The highest BCUT2D eigenvalue weighted by atomic mass is 32.2. The first-order chi connectivity index (χ1) is 7.69. The van der Waals surface area contributed by atoms with Crippen LogP contribution in [0.25, 0.3) is 0 Å². The van der Waals surface area contributed by atoms with Crippen LogP contribution in [-0.4, -0.2) is 18.6 Å². The second-order valence-corrected chi connectivity index (χ2v) is 5.64. The van der Waals surface area contributed by atoms with Crippen molar-refractivity contribution in [3.63, 3.8) is 0 Å². The largest absolute Gasteiger partial charge is 0.312 e. The first-order valence-corrected chi connectivity index (χ1v) is 7.19. The molecular formula is C14H23NS. The molecule has 1 nitrogen and oxygen atoms in total. The summed E-state index contributed by atoms with van der Waals surface area (Å²) in [7, 11) is 2.04. The van der Waals surface area contributed by atoms with Crippen molar-refractivity contribution in [3.05, 3.63) is 35.4 Å². The van der Waals surface area contributed by atoms with Gasteiger partial charge in [-0.15, -0.1) is 0 Å². The van der Waals surface area contributed by atoms with Gasteiger partial charge >= 0.3 is 0 Å². The van der Waals surface area contributed by atoms with E-state index in [0.717, 1.165) is 5.75 Å². The zero-order valence-electron chi connectivity index (χ0n) is 10.8. The number of hydrogen-bond acceptors (Lipinski definition) is 2. The molecule has 1 atom stereocenters. The number of rotatable bonds is 6. The highest BCUT2D eigenvalue weighted by Crippen LogP contribution is 2.21. The van der Waals surface area contributed by atoms with Gasteiger partial charge in [-0.2, -0.15) is 11.8 Å². The Hall–Kier alpha value is -0.470. The van der Waals surface area contributed by atoms with E-state index in [0.29, 0.717) is 12.0 Å². The molecule has 1 N–H and O–H groups in total. The molecule has 1 rings (SSSR count). The molecule has 0 saturated carbocycles. The highest BCUT2D eigenvalue weighted by Gasteiger charge is 2.08. The molecule has 0 spiro atoms. The van der Waals surface area contributed by atoms with E-state index in [1.807, 2.05) is 18.8 Å². The fourth-order valence-electron chi connectivity index (χ4n) is 1.70. The van der Waals surface area contributed by atoms with Crippen molar-refractivity contribution in [3.8, 4) is 0 Å². The maximum atomic E-state index is 3.38. The molecule has 0 bridgehead atoms. The molecule has 0 amide bonds. The summed E-state index contributed by atoms with van der Waals surface area (Å²) in [6.07, 6.45) is 0. The van der Waals surface area contributed by atoms with Crippen molar-refractivity contribution < 1.29 is 0 Å². The Kier molecular flexibility index (Phi) is 5.93. The average molecular weight is 237 g/mol. The lowest BCUT2D eigenvalue weighted by Gasteiger charge is -2.17. The first-order valence-electron chi connectivity index (χ1n) is 6.03. The molecule has 16 heavy (non-hydrogen) atoms. The van der Waals surface area contributed by atoms with Crippen LogP contribution in [-0.2, 0) is 0 Å². The summed E-state index contributed by atoms with van der Waals surface area (Å²) >= 11 is 1.98. The number of thioether (sulfide) groups is 1. The van der Waals surface area contributed by atoms with Gasteiger partial charge in [0.2, 0.25) is 0 Å². The Bertz CT molecular complexity index is 292. The summed E-state index contributed by atoms with van der Waals surface area (Å²) in [6, 6.07) is 9.49. The minimum Gasteiger partial charge on any atom is -0.312 e. The SMILES string of the molecule is CCSCC(NC)c1ccc(C(C)C)cc1. The summed E-state index contributed by atoms with van der Waals surface area (Å²) in [5, 5.41) is 3.38. The molecule has 2 heteroatoms. The second-order valence-electron chi connectivity index (χ2n) is 4.32. The van der Waals surface area contributed by atoms with Gasteiger partial charge in [0.25, 0.3) is 0 Å². The normalized spacial score (nSPS) is 13.1. The predicted octanol–water partition coefficient (Wildman–Crippen LogP) is 3.82. The van der Waals surface area contributed by atoms with Crippen LogP contribution in [0.1, 0.15) is 43.9 Å². The Morgan fingerprint density at radius 2 is 1.69 bits per heavy atom. The smallest absolute Gasteiger partial charge is 0.0409 e. The number of hydrogen-bond donors (Lipinski definition) is 1. The Balaban J connectivity index is 2.70. The van der Waals surface area contributed by atoms with Gasteiger partial charge in [-0.3, -0.25) is 0 Å². The maximum Gasteiger partial charge on any atom is 0.0409 e. The number of nitrogens with one attached hydrogen (secondary N) is 1. The van der Waals surface area contributed by atoms with E-state index in [4.69, 9.17) is 0 Å². The summed E-state index contributed by atoms with van der Waals surface area (Å²) in [5.74, 6) is 2.95. The number of benzene rings is 1. The molecule has 0 heterocycles. The van der Waals surface area contributed by atoms with Gasteiger partial charge in [0, 0.05) is 11.8 Å². The van der Waals surface area contributed by atoms with E-state index >= 15 is 0 Å². The van der Waals surface area contributed by atoms with Crippen LogP contribution in [0.5, 0.6) is 0 Å². The molecule has 0 aliphatic heterocycles. The van der Waals surface area contributed by atoms with Crippen LogP contribution in [0.2, 0.25) is 0 Å². The third-order valence-electron chi connectivity index (χ3n) is 2.84. The molecule has 0 aliphatic carbocycles. The molecule has 0 aromatic heterocycles. The fourth-order valence-corrected chi connectivity index (χ4v) is 2.53.